The topological polar surface area (TPSA) is 88.4 Å². The van der Waals surface area contributed by atoms with Gasteiger partial charge in [0, 0.05) is 32.4 Å². The molecule has 1 unspecified atom stereocenters. The molecule has 0 spiro atoms. The number of rotatable bonds is 7. The summed E-state index contributed by atoms with van der Waals surface area (Å²) in [4.78, 5) is 20.1. The summed E-state index contributed by atoms with van der Waals surface area (Å²) >= 11 is 0. The summed E-state index contributed by atoms with van der Waals surface area (Å²) in [5, 5.41) is 18.6. The summed E-state index contributed by atoms with van der Waals surface area (Å²) in [6, 6.07) is 4.61. The zero-order valence-electron chi connectivity index (χ0n) is 18.6. The Kier molecular flexibility index (Phi) is 9.83. The standard InChI is InChI=1S/C23H29F3N4O3/c1-3-4-19(22(32)28-33)15-27-17(2)29-11-13-30(14-12-29)21(16-31)10-7-18-5-8-20(9-6-18)23(24,25)26/h3-10,15,21,31,33H,11-14,16H2,1-2H3,(H,28,32)/b4-3?,10-7+,19-15+,27-17?. The summed E-state index contributed by atoms with van der Waals surface area (Å²) < 4.78 is 38.1. The van der Waals surface area contributed by atoms with E-state index >= 15 is 0 Å². The minimum atomic E-state index is -4.37. The van der Waals surface area contributed by atoms with Crippen LogP contribution in [0, 0.1) is 0 Å². The number of carbonyl (C=O) groups is 1. The van der Waals surface area contributed by atoms with Gasteiger partial charge in [-0.25, -0.2) is 10.5 Å². The fourth-order valence-corrected chi connectivity index (χ4v) is 3.35. The van der Waals surface area contributed by atoms with Gasteiger partial charge in [-0.2, -0.15) is 13.2 Å². The fraction of sp³-hybridized carbons (Fsp3) is 0.391. The van der Waals surface area contributed by atoms with E-state index in [-0.39, 0.29) is 18.2 Å². The number of piperazine rings is 1. The number of carbonyl (C=O) groups excluding carboxylic acids is 1. The van der Waals surface area contributed by atoms with E-state index in [0.29, 0.717) is 37.6 Å². The van der Waals surface area contributed by atoms with Gasteiger partial charge in [0.2, 0.25) is 0 Å². The number of benzene rings is 1. The first-order valence-corrected chi connectivity index (χ1v) is 10.5. The molecule has 1 amide bonds. The van der Waals surface area contributed by atoms with Crippen LogP contribution in [0.25, 0.3) is 6.08 Å². The number of halogens is 3. The molecule has 180 valence electrons. The van der Waals surface area contributed by atoms with Crippen molar-refractivity contribution in [2.45, 2.75) is 26.1 Å². The molecule has 0 radical (unpaired) electrons. The number of hydroxylamine groups is 1. The Hall–Kier alpha value is -2.95. The van der Waals surface area contributed by atoms with Gasteiger partial charge in [0.05, 0.1) is 23.8 Å². The average molecular weight is 467 g/mol. The van der Waals surface area contributed by atoms with E-state index in [0.717, 1.165) is 12.1 Å². The van der Waals surface area contributed by atoms with Gasteiger partial charge < -0.3 is 10.0 Å². The lowest BCUT2D eigenvalue weighted by Crippen LogP contribution is -2.52. The first-order valence-electron chi connectivity index (χ1n) is 10.5. The minimum Gasteiger partial charge on any atom is -0.394 e. The number of amides is 1. The lowest BCUT2D eigenvalue weighted by Gasteiger charge is -2.38. The highest BCUT2D eigenvalue weighted by Gasteiger charge is 2.29. The van der Waals surface area contributed by atoms with E-state index in [2.05, 4.69) is 9.89 Å². The maximum absolute atomic E-state index is 12.7. The molecule has 1 fully saturated rings. The molecule has 0 saturated carbocycles. The summed E-state index contributed by atoms with van der Waals surface area (Å²) in [5.74, 6) is 0.0586. The highest BCUT2D eigenvalue weighted by Crippen LogP contribution is 2.29. The van der Waals surface area contributed by atoms with E-state index < -0.39 is 17.6 Å². The van der Waals surface area contributed by atoms with Crippen molar-refractivity contribution >= 4 is 17.8 Å². The maximum Gasteiger partial charge on any atom is 0.416 e. The van der Waals surface area contributed by atoms with Crippen molar-refractivity contribution < 1.29 is 28.3 Å². The second-order valence-corrected chi connectivity index (χ2v) is 7.45. The summed E-state index contributed by atoms with van der Waals surface area (Å²) in [5.41, 5.74) is 1.72. The molecule has 1 aliphatic heterocycles. The van der Waals surface area contributed by atoms with Crippen molar-refractivity contribution in [2.24, 2.45) is 4.99 Å². The number of nitrogens with zero attached hydrogens (tertiary/aromatic N) is 3. The number of aliphatic hydroxyl groups excluding tert-OH is 1. The van der Waals surface area contributed by atoms with Crippen LogP contribution in [0.2, 0.25) is 0 Å². The molecule has 1 heterocycles. The number of allylic oxidation sites excluding steroid dienone is 1. The lowest BCUT2D eigenvalue weighted by atomic mass is 10.1. The first kappa shape index (κ1) is 26.3. The number of nitrogens with one attached hydrogen (secondary N) is 1. The number of hydrogen-bond acceptors (Lipinski definition) is 5. The molecule has 1 aliphatic rings. The van der Waals surface area contributed by atoms with Crippen LogP contribution in [0.5, 0.6) is 0 Å². The minimum absolute atomic E-state index is 0.115. The Labute approximate surface area is 191 Å². The Morgan fingerprint density at radius 2 is 1.85 bits per heavy atom. The Morgan fingerprint density at radius 3 is 2.36 bits per heavy atom. The van der Waals surface area contributed by atoms with Gasteiger partial charge in [0.1, 0.15) is 5.84 Å². The summed E-state index contributed by atoms with van der Waals surface area (Å²) in [7, 11) is 0. The quantitative estimate of drug-likeness (QED) is 0.144. The second-order valence-electron chi connectivity index (χ2n) is 7.45. The maximum atomic E-state index is 12.7. The second kappa shape index (κ2) is 12.3. The van der Waals surface area contributed by atoms with Crippen molar-refractivity contribution in [1.29, 1.82) is 0 Å². The number of aliphatic hydroxyl groups is 1. The van der Waals surface area contributed by atoms with Crippen molar-refractivity contribution in [3.05, 3.63) is 65.4 Å². The third-order valence-corrected chi connectivity index (χ3v) is 5.28. The molecule has 1 aromatic rings. The molecule has 1 atom stereocenters. The third kappa shape index (κ3) is 7.85. The van der Waals surface area contributed by atoms with Crippen molar-refractivity contribution in [3.8, 4) is 0 Å². The van der Waals surface area contributed by atoms with Crippen LogP contribution in [-0.4, -0.2) is 70.7 Å². The van der Waals surface area contributed by atoms with Gasteiger partial charge in [0.15, 0.2) is 0 Å². The fourth-order valence-electron chi connectivity index (χ4n) is 3.35. The van der Waals surface area contributed by atoms with Gasteiger partial charge in [-0.1, -0.05) is 36.4 Å². The largest absolute Gasteiger partial charge is 0.416 e. The van der Waals surface area contributed by atoms with Crippen LogP contribution >= 0.6 is 0 Å². The highest BCUT2D eigenvalue weighted by atomic mass is 19.4. The zero-order chi connectivity index (χ0) is 24.4. The molecule has 3 N–H and O–H groups in total. The van der Waals surface area contributed by atoms with Crippen molar-refractivity contribution in [1.82, 2.24) is 15.3 Å². The molecule has 10 heteroatoms. The van der Waals surface area contributed by atoms with Crippen molar-refractivity contribution in [3.63, 3.8) is 0 Å². The summed E-state index contributed by atoms with van der Waals surface area (Å²) in [6.07, 6.45) is 3.72. The van der Waals surface area contributed by atoms with Crippen LogP contribution in [0.4, 0.5) is 13.2 Å². The van der Waals surface area contributed by atoms with Gasteiger partial charge in [-0.05, 0) is 31.5 Å². The predicted molar refractivity (Wildman–Crippen MR) is 120 cm³/mol. The smallest absolute Gasteiger partial charge is 0.394 e. The van der Waals surface area contributed by atoms with Crippen LogP contribution < -0.4 is 5.48 Å². The van der Waals surface area contributed by atoms with E-state index in [9.17, 15) is 23.1 Å². The first-order chi connectivity index (χ1) is 15.7. The van der Waals surface area contributed by atoms with Gasteiger partial charge in [0.25, 0.3) is 5.91 Å². The molecule has 1 saturated heterocycles. The molecule has 0 bridgehead atoms. The molecule has 0 aromatic heterocycles. The molecule has 2 rings (SSSR count). The Balaban J connectivity index is 1.97. The van der Waals surface area contributed by atoms with Crippen LogP contribution in [0.15, 0.2) is 59.3 Å². The van der Waals surface area contributed by atoms with E-state index in [4.69, 9.17) is 5.21 Å². The van der Waals surface area contributed by atoms with Crippen LogP contribution in [0.3, 0.4) is 0 Å². The van der Waals surface area contributed by atoms with E-state index in [1.54, 1.807) is 30.6 Å². The third-order valence-electron chi connectivity index (χ3n) is 5.28. The average Bonchev–Trinajstić information content (AvgIpc) is 2.81. The highest BCUT2D eigenvalue weighted by molar-refractivity contribution is 5.95. The predicted octanol–water partition coefficient (Wildman–Crippen LogP) is 3.08. The molecule has 33 heavy (non-hydrogen) atoms. The monoisotopic (exact) mass is 466 g/mol. The van der Waals surface area contributed by atoms with E-state index in [1.165, 1.54) is 24.4 Å². The normalized spacial score (nSPS) is 17.7. The SMILES string of the molecule is CC=C/C(=C\N=C(C)N1CCN(C(/C=C/c2ccc(C(F)(F)F)cc2)CO)CC1)C(=O)NO. The van der Waals surface area contributed by atoms with Crippen molar-refractivity contribution in [2.75, 3.05) is 32.8 Å². The van der Waals surface area contributed by atoms with Crippen LogP contribution in [-0.2, 0) is 11.0 Å². The number of aliphatic imine (C=N–C) groups is 1. The Morgan fingerprint density at radius 1 is 1.21 bits per heavy atom. The van der Waals surface area contributed by atoms with Gasteiger partial charge in [-0.3, -0.25) is 14.9 Å². The zero-order valence-corrected chi connectivity index (χ0v) is 18.6. The van der Waals surface area contributed by atoms with Gasteiger partial charge in [-0.15, -0.1) is 0 Å². The number of alkyl halides is 3. The Bertz CT molecular complexity index is 901. The number of hydrogen-bond donors (Lipinski definition) is 3. The molecule has 0 aliphatic carbocycles. The molecule has 1 aromatic carbocycles. The van der Waals surface area contributed by atoms with Crippen LogP contribution in [0.1, 0.15) is 25.0 Å². The molecule has 7 nitrogen and oxygen atoms in total. The summed E-state index contributed by atoms with van der Waals surface area (Å²) in [6.45, 7) is 6.06. The van der Waals surface area contributed by atoms with Gasteiger partial charge >= 0.3 is 6.18 Å². The molecular formula is C23H29F3N4O3. The van der Waals surface area contributed by atoms with E-state index in [1.807, 2.05) is 11.8 Å². The molecular weight excluding hydrogens is 437 g/mol. The lowest BCUT2D eigenvalue weighted by molar-refractivity contribution is -0.137. The number of amidine groups is 1.